The highest BCUT2D eigenvalue weighted by Crippen LogP contribution is 2.28. The van der Waals surface area contributed by atoms with Crippen LogP contribution in [0.15, 0.2) is 18.2 Å². The van der Waals surface area contributed by atoms with Crippen LogP contribution in [0.5, 0.6) is 0 Å². The molecule has 0 amide bonds. The number of aliphatic hydroxyl groups excluding tert-OH is 1. The Hall–Kier alpha value is -1.28. The largest absolute Gasteiger partial charge is 0.389 e. The first-order chi connectivity index (χ1) is 9.19. The maximum absolute atomic E-state index is 9.75. The SMILES string of the molecule is N#Cc1ccc(NCC(O)COCC2CC2)c(Cl)c1. The van der Waals surface area contributed by atoms with Crippen LogP contribution in [0.3, 0.4) is 0 Å². The molecule has 19 heavy (non-hydrogen) atoms. The summed E-state index contributed by atoms with van der Waals surface area (Å²) in [6.45, 7) is 1.45. The molecular formula is C14H17ClN2O2. The van der Waals surface area contributed by atoms with Crippen LogP contribution in [0.25, 0.3) is 0 Å². The van der Waals surface area contributed by atoms with Crippen LogP contribution < -0.4 is 5.32 Å². The molecule has 102 valence electrons. The number of nitriles is 1. The molecule has 2 N–H and O–H groups in total. The number of ether oxygens (including phenoxy) is 1. The van der Waals surface area contributed by atoms with Crippen molar-refractivity contribution in [3.63, 3.8) is 0 Å². The Labute approximate surface area is 117 Å². The summed E-state index contributed by atoms with van der Waals surface area (Å²) in [6, 6.07) is 7.04. The monoisotopic (exact) mass is 280 g/mol. The summed E-state index contributed by atoms with van der Waals surface area (Å²) in [5.74, 6) is 0.702. The van der Waals surface area contributed by atoms with E-state index in [-0.39, 0.29) is 0 Å². The van der Waals surface area contributed by atoms with Gasteiger partial charge < -0.3 is 15.2 Å². The van der Waals surface area contributed by atoms with Gasteiger partial charge in [0, 0.05) is 13.2 Å². The Morgan fingerprint density at radius 2 is 2.32 bits per heavy atom. The number of aliphatic hydroxyl groups is 1. The van der Waals surface area contributed by atoms with Gasteiger partial charge in [-0.15, -0.1) is 0 Å². The van der Waals surface area contributed by atoms with E-state index in [4.69, 9.17) is 21.6 Å². The van der Waals surface area contributed by atoms with E-state index in [0.717, 1.165) is 6.61 Å². The van der Waals surface area contributed by atoms with E-state index in [1.165, 1.54) is 12.8 Å². The molecule has 0 bridgehead atoms. The number of anilines is 1. The molecule has 0 radical (unpaired) electrons. The van der Waals surface area contributed by atoms with Gasteiger partial charge >= 0.3 is 0 Å². The van der Waals surface area contributed by atoms with E-state index in [1.54, 1.807) is 18.2 Å². The third kappa shape index (κ3) is 4.71. The summed E-state index contributed by atoms with van der Waals surface area (Å²) < 4.78 is 5.41. The third-order valence-electron chi connectivity index (χ3n) is 2.99. The lowest BCUT2D eigenvalue weighted by atomic mass is 10.2. The van der Waals surface area contributed by atoms with Crippen LogP contribution in [0, 0.1) is 17.2 Å². The number of benzene rings is 1. The van der Waals surface area contributed by atoms with Crippen LogP contribution in [-0.4, -0.2) is 31.0 Å². The highest BCUT2D eigenvalue weighted by Gasteiger charge is 2.21. The van der Waals surface area contributed by atoms with Crippen molar-refractivity contribution in [2.24, 2.45) is 5.92 Å². The first-order valence-electron chi connectivity index (χ1n) is 6.38. The van der Waals surface area contributed by atoms with Crippen molar-refractivity contribution in [1.82, 2.24) is 0 Å². The molecule has 1 aromatic carbocycles. The minimum Gasteiger partial charge on any atom is -0.389 e. The molecule has 0 aliphatic heterocycles. The first-order valence-corrected chi connectivity index (χ1v) is 6.76. The summed E-state index contributed by atoms with van der Waals surface area (Å²) in [5, 5.41) is 22.0. The number of halogens is 1. The van der Waals surface area contributed by atoms with Crippen molar-refractivity contribution in [1.29, 1.82) is 5.26 Å². The number of rotatable bonds is 7. The van der Waals surface area contributed by atoms with E-state index >= 15 is 0 Å². The number of nitrogens with zero attached hydrogens (tertiary/aromatic N) is 1. The fraction of sp³-hybridized carbons (Fsp3) is 0.500. The number of hydrogen-bond acceptors (Lipinski definition) is 4. The fourth-order valence-corrected chi connectivity index (χ4v) is 1.92. The average molecular weight is 281 g/mol. The molecule has 1 unspecified atom stereocenters. The van der Waals surface area contributed by atoms with Gasteiger partial charge in [-0.3, -0.25) is 0 Å². The lowest BCUT2D eigenvalue weighted by Crippen LogP contribution is -2.25. The second-order valence-electron chi connectivity index (χ2n) is 4.82. The molecule has 1 fully saturated rings. The number of nitrogens with one attached hydrogen (secondary N) is 1. The van der Waals surface area contributed by atoms with Gasteiger partial charge in [0.05, 0.1) is 35.1 Å². The van der Waals surface area contributed by atoms with Gasteiger partial charge in [-0.25, -0.2) is 0 Å². The summed E-state index contributed by atoms with van der Waals surface area (Å²) in [7, 11) is 0. The Morgan fingerprint density at radius 3 is 2.95 bits per heavy atom. The van der Waals surface area contributed by atoms with E-state index < -0.39 is 6.10 Å². The molecule has 4 nitrogen and oxygen atoms in total. The van der Waals surface area contributed by atoms with Crippen LogP contribution in [0.2, 0.25) is 5.02 Å². The zero-order valence-corrected chi connectivity index (χ0v) is 11.4. The maximum Gasteiger partial charge on any atom is 0.0992 e. The number of hydrogen-bond donors (Lipinski definition) is 2. The lowest BCUT2D eigenvalue weighted by Gasteiger charge is -2.14. The second kappa shape index (κ2) is 6.76. The zero-order valence-electron chi connectivity index (χ0n) is 10.6. The van der Waals surface area contributed by atoms with Gasteiger partial charge in [0.15, 0.2) is 0 Å². The molecule has 0 spiro atoms. The van der Waals surface area contributed by atoms with Crippen molar-refractivity contribution >= 4 is 17.3 Å². The van der Waals surface area contributed by atoms with Crippen molar-refractivity contribution in [2.45, 2.75) is 18.9 Å². The summed E-state index contributed by atoms with van der Waals surface area (Å²) in [5.41, 5.74) is 1.23. The molecule has 1 aliphatic carbocycles. The fourth-order valence-electron chi connectivity index (χ4n) is 1.67. The molecule has 2 rings (SSSR count). The molecule has 5 heteroatoms. The maximum atomic E-state index is 9.75. The third-order valence-corrected chi connectivity index (χ3v) is 3.30. The Kier molecular flexibility index (Phi) is 5.03. The Bertz CT molecular complexity index is 469. The van der Waals surface area contributed by atoms with Crippen molar-refractivity contribution in [3.05, 3.63) is 28.8 Å². The predicted octanol–water partition coefficient (Wildman–Crippen LogP) is 2.41. The van der Waals surface area contributed by atoms with Gasteiger partial charge in [-0.1, -0.05) is 11.6 Å². The second-order valence-corrected chi connectivity index (χ2v) is 5.23. The summed E-state index contributed by atoms with van der Waals surface area (Å²) in [6.07, 6.45) is 1.93. The van der Waals surface area contributed by atoms with E-state index in [0.29, 0.717) is 35.3 Å². The first kappa shape index (κ1) is 14.1. The Balaban J connectivity index is 1.72. The van der Waals surface area contributed by atoms with Gasteiger partial charge in [-0.2, -0.15) is 5.26 Å². The highest BCUT2D eigenvalue weighted by molar-refractivity contribution is 6.33. The zero-order chi connectivity index (χ0) is 13.7. The van der Waals surface area contributed by atoms with Gasteiger partial charge in [0.25, 0.3) is 0 Å². The molecule has 0 aromatic heterocycles. The highest BCUT2D eigenvalue weighted by atomic mass is 35.5. The van der Waals surface area contributed by atoms with E-state index in [9.17, 15) is 5.11 Å². The predicted molar refractivity (Wildman–Crippen MR) is 74.2 cm³/mol. The molecule has 1 aromatic rings. The normalized spacial score (nSPS) is 15.8. The van der Waals surface area contributed by atoms with E-state index in [2.05, 4.69) is 5.32 Å². The average Bonchev–Trinajstić information content (AvgIpc) is 3.21. The molecular weight excluding hydrogens is 264 g/mol. The molecule has 1 atom stereocenters. The van der Waals surface area contributed by atoms with Gasteiger partial charge in [0.1, 0.15) is 0 Å². The lowest BCUT2D eigenvalue weighted by molar-refractivity contribution is 0.0386. The van der Waals surface area contributed by atoms with Crippen molar-refractivity contribution in [2.75, 3.05) is 25.1 Å². The van der Waals surface area contributed by atoms with Crippen LogP contribution in [0.1, 0.15) is 18.4 Å². The minimum atomic E-state index is -0.564. The van der Waals surface area contributed by atoms with E-state index in [1.807, 2.05) is 6.07 Å². The summed E-state index contributed by atoms with van der Waals surface area (Å²) in [4.78, 5) is 0. The molecule has 0 saturated heterocycles. The van der Waals surface area contributed by atoms with Crippen molar-refractivity contribution in [3.8, 4) is 6.07 Å². The standard InChI is InChI=1S/C14H17ClN2O2/c15-13-5-11(6-16)3-4-14(13)17-7-12(18)9-19-8-10-1-2-10/h3-5,10,12,17-18H,1-2,7-9H2. The van der Waals surface area contributed by atoms with Gasteiger partial charge in [0.2, 0.25) is 0 Å². The van der Waals surface area contributed by atoms with Crippen molar-refractivity contribution < 1.29 is 9.84 Å². The topological polar surface area (TPSA) is 65.3 Å². The smallest absolute Gasteiger partial charge is 0.0992 e. The Morgan fingerprint density at radius 1 is 1.53 bits per heavy atom. The molecule has 1 aliphatic rings. The summed E-state index contributed by atoms with van der Waals surface area (Å²) >= 11 is 6.02. The molecule has 1 saturated carbocycles. The molecule has 0 heterocycles. The van der Waals surface area contributed by atoms with Crippen LogP contribution >= 0.6 is 11.6 Å². The quantitative estimate of drug-likeness (QED) is 0.805. The van der Waals surface area contributed by atoms with Crippen LogP contribution in [0.4, 0.5) is 5.69 Å². The van der Waals surface area contributed by atoms with Crippen LogP contribution in [-0.2, 0) is 4.74 Å². The van der Waals surface area contributed by atoms with Gasteiger partial charge in [-0.05, 0) is 37.0 Å². The minimum absolute atomic E-state index is 0.331.